The zero-order chi connectivity index (χ0) is 22.2. The van der Waals surface area contributed by atoms with Gasteiger partial charge in [0.25, 0.3) is 0 Å². The van der Waals surface area contributed by atoms with Crippen LogP contribution in [-0.2, 0) is 21.9 Å². The van der Waals surface area contributed by atoms with Crippen LogP contribution in [0.1, 0.15) is 43.7 Å². The maximum Gasteiger partial charge on any atom is 0.242 e. The third-order valence-corrected chi connectivity index (χ3v) is 6.75. The van der Waals surface area contributed by atoms with E-state index in [1.54, 1.807) is 42.2 Å². The highest BCUT2D eigenvalue weighted by Crippen LogP contribution is 2.21. The van der Waals surface area contributed by atoms with E-state index in [2.05, 4.69) is 5.32 Å². The molecule has 0 aliphatic heterocycles. The Kier molecular flexibility index (Phi) is 8.79. The average Bonchev–Trinajstić information content (AvgIpc) is 3.26. The van der Waals surface area contributed by atoms with E-state index < -0.39 is 6.04 Å². The first-order chi connectivity index (χ1) is 14.9. The quantitative estimate of drug-likeness (QED) is 0.558. The first-order valence-electron chi connectivity index (χ1n) is 10.6. The molecule has 1 saturated carbocycles. The fourth-order valence-electron chi connectivity index (χ4n) is 3.75. The van der Waals surface area contributed by atoms with Gasteiger partial charge in [0.1, 0.15) is 11.9 Å². The van der Waals surface area contributed by atoms with E-state index in [1.165, 1.54) is 17.8 Å². The van der Waals surface area contributed by atoms with Gasteiger partial charge in [0.2, 0.25) is 11.8 Å². The number of thioether (sulfide) groups is 1. The first-order valence-corrected chi connectivity index (χ1v) is 12.1. The Morgan fingerprint density at radius 3 is 2.65 bits per heavy atom. The van der Waals surface area contributed by atoms with Gasteiger partial charge in [-0.15, -0.1) is 11.8 Å². The van der Waals surface area contributed by atoms with Gasteiger partial charge < -0.3 is 10.2 Å². The van der Waals surface area contributed by atoms with E-state index in [-0.39, 0.29) is 29.4 Å². The molecule has 31 heavy (non-hydrogen) atoms. The van der Waals surface area contributed by atoms with Gasteiger partial charge in [-0.2, -0.15) is 0 Å². The van der Waals surface area contributed by atoms with Crippen molar-refractivity contribution in [2.75, 3.05) is 5.75 Å². The molecule has 1 aliphatic carbocycles. The van der Waals surface area contributed by atoms with Crippen LogP contribution < -0.4 is 5.32 Å². The summed E-state index contributed by atoms with van der Waals surface area (Å²) >= 11 is 7.45. The van der Waals surface area contributed by atoms with Gasteiger partial charge in [0.05, 0.1) is 5.75 Å². The van der Waals surface area contributed by atoms with Crippen LogP contribution in [-0.4, -0.2) is 34.6 Å². The molecule has 2 amide bonds. The van der Waals surface area contributed by atoms with Crippen LogP contribution in [0.2, 0.25) is 5.02 Å². The van der Waals surface area contributed by atoms with Crippen molar-refractivity contribution in [1.82, 2.24) is 10.2 Å². The van der Waals surface area contributed by atoms with Crippen LogP contribution in [0, 0.1) is 5.82 Å². The molecule has 0 heterocycles. The summed E-state index contributed by atoms with van der Waals surface area (Å²) in [7, 11) is 0. The zero-order valence-corrected chi connectivity index (χ0v) is 19.2. The summed E-state index contributed by atoms with van der Waals surface area (Å²) < 4.78 is 13.9. The van der Waals surface area contributed by atoms with Gasteiger partial charge in [-0.25, -0.2) is 4.39 Å². The standard InChI is InChI=1S/C24H28ClFN2O2S/c1-17(24(30)27-21-10-3-4-11-21)28(14-18-7-6-9-20(25)13-18)23(29)16-31-15-19-8-2-5-12-22(19)26/h2,5-9,12-13,17,21H,3-4,10-11,14-16H2,1H3,(H,27,30)/t17-/m1/s1. The highest BCUT2D eigenvalue weighted by atomic mass is 35.5. The summed E-state index contributed by atoms with van der Waals surface area (Å²) in [4.78, 5) is 27.5. The number of halogens is 2. The molecule has 4 nitrogen and oxygen atoms in total. The van der Waals surface area contributed by atoms with Crippen molar-refractivity contribution in [3.63, 3.8) is 0 Å². The molecule has 1 N–H and O–H groups in total. The highest BCUT2D eigenvalue weighted by molar-refractivity contribution is 7.99. The normalized spacial score (nSPS) is 14.9. The van der Waals surface area contributed by atoms with E-state index in [4.69, 9.17) is 11.6 Å². The molecule has 0 aromatic heterocycles. The Bertz CT molecular complexity index is 905. The van der Waals surface area contributed by atoms with E-state index in [1.807, 2.05) is 12.1 Å². The largest absolute Gasteiger partial charge is 0.352 e. The van der Waals surface area contributed by atoms with Crippen LogP contribution in [0.25, 0.3) is 0 Å². The minimum Gasteiger partial charge on any atom is -0.352 e. The Hall–Kier alpha value is -2.05. The van der Waals surface area contributed by atoms with Crippen LogP contribution in [0.4, 0.5) is 4.39 Å². The maximum atomic E-state index is 13.9. The lowest BCUT2D eigenvalue weighted by molar-refractivity contribution is -0.138. The zero-order valence-electron chi connectivity index (χ0n) is 17.7. The van der Waals surface area contributed by atoms with E-state index in [9.17, 15) is 14.0 Å². The molecule has 166 valence electrons. The summed E-state index contributed by atoms with van der Waals surface area (Å²) in [6.45, 7) is 2.05. The molecule has 3 rings (SSSR count). The SMILES string of the molecule is C[C@H](C(=O)NC1CCCC1)N(Cc1cccc(Cl)c1)C(=O)CSCc1ccccc1F. The van der Waals surface area contributed by atoms with Crippen molar-refractivity contribution in [2.24, 2.45) is 0 Å². The Morgan fingerprint density at radius 1 is 1.19 bits per heavy atom. The number of rotatable bonds is 9. The minimum atomic E-state index is -0.610. The van der Waals surface area contributed by atoms with Crippen molar-refractivity contribution >= 4 is 35.2 Å². The van der Waals surface area contributed by atoms with Crippen LogP contribution in [0.3, 0.4) is 0 Å². The summed E-state index contributed by atoms with van der Waals surface area (Å²) in [5.41, 5.74) is 1.43. The summed E-state index contributed by atoms with van der Waals surface area (Å²) in [6, 6.07) is 13.4. The van der Waals surface area contributed by atoms with Crippen LogP contribution in [0.5, 0.6) is 0 Å². The number of amides is 2. The molecule has 2 aromatic rings. The van der Waals surface area contributed by atoms with Crippen molar-refractivity contribution in [1.29, 1.82) is 0 Å². The number of carbonyl (C=O) groups excluding carboxylic acids is 2. The van der Waals surface area contributed by atoms with Crippen molar-refractivity contribution in [3.05, 3.63) is 70.5 Å². The monoisotopic (exact) mass is 462 g/mol. The Morgan fingerprint density at radius 2 is 1.94 bits per heavy atom. The molecular weight excluding hydrogens is 435 g/mol. The molecule has 0 spiro atoms. The second-order valence-corrected chi connectivity index (χ2v) is 9.32. The van der Waals surface area contributed by atoms with Gasteiger partial charge >= 0.3 is 0 Å². The number of benzene rings is 2. The first kappa shape index (κ1) is 23.6. The van der Waals surface area contributed by atoms with Crippen LogP contribution >= 0.6 is 23.4 Å². The third-order valence-electron chi connectivity index (χ3n) is 5.55. The van der Waals surface area contributed by atoms with E-state index >= 15 is 0 Å². The predicted octanol–water partition coefficient (Wildman–Crippen LogP) is 5.19. The maximum absolute atomic E-state index is 13.9. The molecule has 1 aliphatic rings. The second kappa shape index (κ2) is 11.5. The Balaban J connectivity index is 1.66. The number of nitrogens with one attached hydrogen (secondary N) is 1. The van der Waals surface area contributed by atoms with Gasteiger partial charge in [0.15, 0.2) is 0 Å². The third kappa shape index (κ3) is 6.97. The number of nitrogens with zero attached hydrogens (tertiary/aromatic N) is 1. The van der Waals surface area contributed by atoms with Gasteiger partial charge in [0, 0.05) is 23.4 Å². The number of hydrogen-bond acceptors (Lipinski definition) is 3. The lowest BCUT2D eigenvalue weighted by atomic mass is 10.1. The molecule has 1 fully saturated rings. The van der Waals surface area contributed by atoms with Crippen molar-refractivity contribution in [3.8, 4) is 0 Å². The summed E-state index contributed by atoms with van der Waals surface area (Å²) in [5, 5.41) is 3.67. The van der Waals surface area contributed by atoms with Crippen molar-refractivity contribution < 1.29 is 14.0 Å². The fourth-order valence-corrected chi connectivity index (χ4v) is 4.86. The van der Waals surface area contributed by atoms with Gasteiger partial charge in [-0.3, -0.25) is 9.59 Å². The highest BCUT2D eigenvalue weighted by Gasteiger charge is 2.28. The van der Waals surface area contributed by atoms with Gasteiger partial charge in [-0.1, -0.05) is 54.8 Å². The molecule has 0 saturated heterocycles. The second-order valence-electron chi connectivity index (χ2n) is 7.90. The molecule has 7 heteroatoms. The minimum absolute atomic E-state index is 0.138. The fraction of sp³-hybridized carbons (Fsp3) is 0.417. The molecule has 0 unspecified atom stereocenters. The van der Waals surface area contributed by atoms with Crippen LogP contribution in [0.15, 0.2) is 48.5 Å². The van der Waals surface area contributed by atoms with Crippen molar-refractivity contribution in [2.45, 2.75) is 57.0 Å². The smallest absolute Gasteiger partial charge is 0.242 e. The molecule has 0 bridgehead atoms. The average molecular weight is 463 g/mol. The molecule has 1 atom stereocenters. The molecule has 0 radical (unpaired) electrons. The predicted molar refractivity (Wildman–Crippen MR) is 124 cm³/mol. The van der Waals surface area contributed by atoms with E-state index in [0.29, 0.717) is 22.9 Å². The van der Waals surface area contributed by atoms with E-state index in [0.717, 1.165) is 31.2 Å². The van der Waals surface area contributed by atoms with Gasteiger partial charge in [-0.05, 0) is 49.1 Å². The lowest BCUT2D eigenvalue weighted by Gasteiger charge is -2.29. The topological polar surface area (TPSA) is 49.4 Å². The Labute approximate surface area is 192 Å². The molecule has 2 aromatic carbocycles. The number of carbonyl (C=O) groups is 2. The lowest BCUT2D eigenvalue weighted by Crippen LogP contribution is -2.50. The number of hydrogen-bond donors (Lipinski definition) is 1. The summed E-state index contributed by atoms with van der Waals surface area (Å²) in [6.07, 6.45) is 4.22. The molecular formula is C24H28ClFN2O2S. The summed E-state index contributed by atoms with van der Waals surface area (Å²) in [5.74, 6) is -0.0125.